The molecule has 4 heteroatoms. The molecule has 0 bridgehead atoms. The van der Waals surface area contributed by atoms with E-state index in [4.69, 9.17) is 0 Å². The lowest BCUT2D eigenvalue weighted by atomic mass is 10.1. The highest BCUT2D eigenvalue weighted by atomic mass is 16.2. The number of hydrogen-bond donors (Lipinski definition) is 1. The molecule has 0 aliphatic carbocycles. The van der Waals surface area contributed by atoms with Gasteiger partial charge in [-0.15, -0.1) is 0 Å². The number of carbonyl (C=O) groups excluding carboxylic acids is 2. The lowest BCUT2D eigenvalue weighted by Gasteiger charge is -2.18. The molecular formula is C12H16N2O2. The molecule has 0 heterocycles. The number of carbonyl (C=O) groups is 2. The second-order valence-corrected chi connectivity index (χ2v) is 3.59. The van der Waals surface area contributed by atoms with Gasteiger partial charge in [-0.1, -0.05) is 30.3 Å². The van der Waals surface area contributed by atoms with Gasteiger partial charge in [-0.25, -0.2) is 0 Å². The highest BCUT2D eigenvalue weighted by molar-refractivity contribution is 5.90. The zero-order chi connectivity index (χ0) is 12.0. The van der Waals surface area contributed by atoms with Crippen LogP contribution in [0.4, 0.5) is 0 Å². The van der Waals surface area contributed by atoms with Crippen LogP contribution < -0.4 is 5.32 Å². The van der Waals surface area contributed by atoms with Crippen LogP contribution in [0.15, 0.2) is 30.3 Å². The van der Waals surface area contributed by atoms with E-state index in [1.807, 2.05) is 30.3 Å². The van der Waals surface area contributed by atoms with Crippen molar-refractivity contribution < 1.29 is 9.59 Å². The molecule has 4 nitrogen and oxygen atoms in total. The molecule has 0 saturated heterocycles. The zero-order valence-electron chi connectivity index (χ0n) is 9.51. The van der Waals surface area contributed by atoms with Crippen LogP contribution >= 0.6 is 0 Å². The summed E-state index contributed by atoms with van der Waals surface area (Å²) in [6, 6.07) is 9.33. The molecule has 0 saturated carbocycles. The summed E-state index contributed by atoms with van der Waals surface area (Å²) in [4.78, 5) is 23.3. The van der Waals surface area contributed by atoms with Gasteiger partial charge in [0.2, 0.25) is 12.3 Å². The van der Waals surface area contributed by atoms with Crippen molar-refractivity contribution in [3.8, 4) is 0 Å². The Kier molecular flexibility index (Phi) is 4.66. The monoisotopic (exact) mass is 220 g/mol. The van der Waals surface area contributed by atoms with Crippen molar-refractivity contribution in [3.63, 3.8) is 0 Å². The number of rotatable bonds is 5. The number of likely N-dealkylation sites (N-methyl/N-ethyl adjacent to an activating group) is 2. The molecule has 1 N–H and O–H groups in total. The Balaban J connectivity index is 2.69. The largest absolute Gasteiger partial charge is 0.309 e. The summed E-state index contributed by atoms with van der Waals surface area (Å²) in [6.07, 6.45) is 1.10. The van der Waals surface area contributed by atoms with E-state index in [1.165, 1.54) is 7.05 Å². The van der Waals surface area contributed by atoms with Gasteiger partial charge >= 0.3 is 0 Å². The molecule has 1 atom stereocenters. The number of benzene rings is 1. The van der Waals surface area contributed by atoms with Crippen LogP contribution in [-0.4, -0.2) is 37.4 Å². The molecule has 0 spiro atoms. The zero-order valence-corrected chi connectivity index (χ0v) is 9.51. The molecule has 0 aromatic heterocycles. The van der Waals surface area contributed by atoms with Crippen molar-refractivity contribution in [2.75, 3.05) is 14.1 Å². The molecule has 1 aromatic rings. The first kappa shape index (κ1) is 12.4. The highest BCUT2D eigenvalue weighted by Crippen LogP contribution is 2.04. The van der Waals surface area contributed by atoms with Crippen LogP contribution in [0.25, 0.3) is 0 Å². The van der Waals surface area contributed by atoms with Crippen molar-refractivity contribution in [2.45, 2.75) is 12.5 Å². The summed E-state index contributed by atoms with van der Waals surface area (Å²) in [6.45, 7) is 0. The van der Waals surface area contributed by atoms with Crippen molar-refractivity contribution in [1.82, 2.24) is 10.2 Å². The Hall–Kier alpha value is -1.68. The van der Waals surface area contributed by atoms with Crippen molar-refractivity contribution in [3.05, 3.63) is 35.9 Å². The average molecular weight is 220 g/mol. The SMILES string of the molecule is CN[C@@H](Cc1ccccc1)C(=O)N(C)C=O. The van der Waals surface area contributed by atoms with Gasteiger partial charge in [0.05, 0.1) is 6.04 Å². The standard InChI is InChI=1S/C12H16N2O2/c1-13-11(12(16)14(2)9-15)8-10-6-4-3-5-7-10/h3-7,9,11,13H,8H2,1-2H3/t11-/m0/s1. The number of imide groups is 1. The first-order chi connectivity index (χ1) is 7.69. The Morgan fingerprint density at radius 2 is 2.06 bits per heavy atom. The summed E-state index contributed by atoms with van der Waals surface area (Å²) in [5, 5.41) is 2.92. The summed E-state index contributed by atoms with van der Waals surface area (Å²) >= 11 is 0. The molecule has 16 heavy (non-hydrogen) atoms. The minimum absolute atomic E-state index is 0.221. The summed E-state index contributed by atoms with van der Waals surface area (Å²) in [5.74, 6) is -0.221. The van der Waals surface area contributed by atoms with Gasteiger partial charge in [0.1, 0.15) is 0 Å². The number of hydrogen-bond acceptors (Lipinski definition) is 3. The van der Waals surface area contributed by atoms with Crippen LogP contribution in [0, 0.1) is 0 Å². The average Bonchev–Trinajstić information content (AvgIpc) is 2.35. The predicted molar refractivity (Wildman–Crippen MR) is 61.8 cm³/mol. The first-order valence-electron chi connectivity index (χ1n) is 5.12. The maximum atomic E-state index is 11.7. The van der Waals surface area contributed by atoms with Gasteiger partial charge in [0.25, 0.3) is 0 Å². The fraction of sp³-hybridized carbons (Fsp3) is 0.333. The molecule has 1 aromatic carbocycles. The molecule has 0 radical (unpaired) electrons. The lowest BCUT2D eigenvalue weighted by Crippen LogP contribution is -2.44. The van der Waals surface area contributed by atoms with E-state index >= 15 is 0 Å². The van der Waals surface area contributed by atoms with Gasteiger partial charge < -0.3 is 5.32 Å². The van der Waals surface area contributed by atoms with Gasteiger partial charge in [-0.2, -0.15) is 0 Å². The maximum absolute atomic E-state index is 11.7. The molecule has 0 aliphatic heterocycles. The van der Waals surface area contributed by atoms with Gasteiger partial charge in [0.15, 0.2) is 0 Å². The van der Waals surface area contributed by atoms with E-state index in [-0.39, 0.29) is 11.9 Å². The Morgan fingerprint density at radius 3 is 2.56 bits per heavy atom. The van der Waals surface area contributed by atoms with E-state index in [1.54, 1.807) is 7.05 Å². The summed E-state index contributed by atoms with van der Waals surface area (Å²) < 4.78 is 0. The maximum Gasteiger partial charge on any atom is 0.246 e. The van der Waals surface area contributed by atoms with E-state index in [0.29, 0.717) is 12.8 Å². The molecule has 2 amide bonds. The van der Waals surface area contributed by atoms with Crippen molar-refractivity contribution in [1.29, 1.82) is 0 Å². The third kappa shape index (κ3) is 3.17. The molecule has 0 unspecified atom stereocenters. The fourth-order valence-corrected chi connectivity index (χ4v) is 1.46. The summed E-state index contributed by atoms with van der Waals surface area (Å²) in [7, 11) is 3.18. The fourth-order valence-electron chi connectivity index (χ4n) is 1.46. The smallest absolute Gasteiger partial charge is 0.246 e. The topological polar surface area (TPSA) is 49.4 Å². The molecule has 1 rings (SSSR count). The number of amides is 2. The second-order valence-electron chi connectivity index (χ2n) is 3.59. The number of nitrogens with one attached hydrogen (secondary N) is 1. The minimum Gasteiger partial charge on any atom is -0.309 e. The van der Waals surface area contributed by atoms with Crippen LogP contribution in [0.2, 0.25) is 0 Å². The molecular weight excluding hydrogens is 204 g/mol. The quantitative estimate of drug-likeness (QED) is 0.732. The minimum atomic E-state index is -0.363. The third-order valence-corrected chi connectivity index (χ3v) is 2.43. The molecule has 0 aliphatic rings. The predicted octanol–water partition coefficient (Wildman–Crippen LogP) is 0.432. The van der Waals surface area contributed by atoms with E-state index in [2.05, 4.69) is 5.32 Å². The van der Waals surface area contributed by atoms with E-state index < -0.39 is 0 Å². The number of nitrogens with zero attached hydrogens (tertiary/aromatic N) is 1. The van der Waals surface area contributed by atoms with Crippen molar-refractivity contribution >= 4 is 12.3 Å². The van der Waals surface area contributed by atoms with E-state index in [0.717, 1.165) is 10.5 Å². The van der Waals surface area contributed by atoms with Crippen LogP contribution in [0.1, 0.15) is 5.56 Å². The Labute approximate surface area is 95.3 Å². The molecule has 0 fully saturated rings. The van der Waals surface area contributed by atoms with Gasteiger partial charge in [0, 0.05) is 7.05 Å². The lowest BCUT2D eigenvalue weighted by molar-refractivity contribution is -0.138. The summed E-state index contributed by atoms with van der Waals surface area (Å²) in [5.41, 5.74) is 1.06. The van der Waals surface area contributed by atoms with E-state index in [9.17, 15) is 9.59 Å². The van der Waals surface area contributed by atoms with Crippen LogP contribution in [0.3, 0.4) is 0 Å². The normalized spacial score (nSPS) is 11.9. The highest BCUT2D eigenvalue weighted by Gasteiger charge is 2.19. The Bertz CT molecular complexity index is 351. The van der Waals surface area contributed by atoms with Crippen molar-refractivity contribution in [2.24, 2.45) is 0 Å². The Morgan fingerprint density at radius 1 is 1.44 bits per heavy atom. The first-order valence-corrected chi connectivity index (χ1v) is 5.12. The van der Waals surface area contributed by atoms with Gasteiger partial charge in [-0.3, -0.25) is 14.5 Å². The molecule has 86 valence electrons. The van der Waals surface area contributed by atoms with Crippen LogP contribution in [-0.2, 0) is 16.0 Å². The second kappa shape index (κ2) is 6.02. The van der Waals surface area contributed by atoms with Gasteiger partial charge in [-0.05, 0) is 19.0 Å². The van der Waals surface area contributed by atoms with Crippen LogP contribution in [0.5, 0.6) is 0 Å². The third-order valence-electron chi connectivity index (χ3n) is 2.43.